The molecule has 0 heterocycles. The van der Waals surface area contributed by atoms with Gasteiger partial charge in [0, 0.05) is 10.2 Å². The molecular weight excluding hydrogens is 260 g/mol. The minimum atomic E-state index is -0.398. The van der Waals surface area contributed by atoms with Crippen LogP contribution >= 0.6 is 15.9 Å². The van der Waals surface area contributed by atoms with Crippen molar-refractivity contribution in [3.05, 3.63) is 33.1 Å². The Kier molecular flexibility index (Phi) is 4.42. The molecule has 80 valence electrons. The average molecular weight is 271 g/mol. The van der Waals surface area contributed by atoms with E-state index in [1.54, 1.807) is 6.07 Å². The highest BCUT2D eigenvalue weighted by atomic mass is 79.9. The van der Waals surface area contributed by atoms with Crippen LogP contribution in [0, 0.1) is 4.91 Å². The number of carbonyl (C=O) groups is 1. The van der Waals surface area contributed by atoms with Crippen molar-refractivity contribution < 1.29 is 4.79 Å². The molecule has 0 atom stereocenters. The van der Waals surface area contributed by atoms with Crippen molar-refractivity contribution in [2.75, 3.05) is 11.9 Å². The van der Waals surface area contributed by atoms with Crippen LogP contribution in [-0.4, -0.2) is 12.5 Å². The number of benzene rings is 1. The van der Waals surface area contributed by atoms with E-state index in [2.05, 4.69) is 26.4 Å². The summed E-state index contributed by atoms with van der Waals surface area (Å²) in [6.07, 6.45) is 0.883. The summed E-state index contributed by atoms with van der Waals surface area (Å²) in [7, 11) is 0. The predicted octanol–water partition coefficient (Wildman–Crippen LogP) is 2.72. The van der Waals surface area contributed by atoms with Crippen LogP contribution in [-0.2, 0) is 11.2 Å². The zero-order chi connectivity index (χ0) is 11.3. The van der Waals surface area contributed by atoms with Gasteiger partial charge >= 0.3 is 0 Å². The second-order valence-corrected chi connectivity index (χ2v) is 3.95. The summed E-state index contributed by atoms with van der Waals surface area (Å²) in [5.74, 6) is -0.398. The highest BCUT2D eigenvalue weighted by Gasteiger charge is 2.03. The number of hydrogen-bond acceptors (Lipinski definition) is 3. The van der Waals surface area contributed by atoms with Crippen LogP contribution in [0.1, 0.15) is 12.5 Å². The van der Waals surface area contributed by atoms with Gasteiger partial charge < -0.3 is 5.32 Å². The molecule has 4 nitrogen and oxygen atoms in total. The molecule has 0 saturated heterocycles. The molecular formula is C10H11BrN2O2. The molecule has 1 aromatic carbocycles. The van der Waals surface area contributed by atoms with Gasteiger partial charge in [-0.25, -0.2) is 0 Å². The fourth-order valence-electron chi connectivity index (χ4n) is 1.19. The Balaban J connectivity index is 2.80. The first-order valence-electron chi connectivity index (χ1n) is 4.54. The van der Waals surface area contributed by atoms with E-state index in [4.69, 9.17) is 0 Å². The maximum absolute atomic E-state index is 11.1. The number of aryl methyl sites for hydroxylation is 1. The number of carbonyl (C=O) groups excluding carboxylic acids is 1. The van der Waals surface area contributed by atoms with Crippen molar-refractivity contribution in [1.82, 2.24) is 0 Å². The number of anilines is 1. The predicted molar refractivity (Wildman–Crippen MR) is 62.8 cm³/mol. The van der Waals surface area contributed by atoms with Crippen LogP contribution in [0.25, 0.3) is 0 Å². The van der Waals surface area contributed by atoms with Gasteiger partial charge in [0.1, 0.15) is 0 Å². The number of hydrogen-bond donors (Lipinski definition) is 1. The van der Waals surface area contributed by atoms with Gasteiger partial charge in [0.05, 0.1) is 0 Å². The lowest BCUT2D eigenvalue weighted by Gasteiger charge is -2.06. The summed E-state index contributed by atoms with van der Waals surface area (Å²) in [4.78, 5) is 21.0. The fourth-order valence-corrected chi connectivity index (χ4v) is 1.73. The molecule has 0 unspecified atom stereocenters. The Bertz CT molecular complexity index is 380. The van der Waals surface area contributed by atoms with Gasteiger partial charge in [-0.05, 0) is 30.2 Å². The Labute approximate surface area is 96.2 Å². The van der Waals surface area contributed by atoms with Gasteiger partial charge in [-0.3, -0.25) is 4.79 Å². The molecule has 0 aliphatic heterocycles. The number of amides is 1. The monoisotopic (exact) mass is 270 g/mol. The van der Waals surface area contributed by atoms with Gasteiger partial charge in [0.15, 0.2) is 6.54 Å². The maximum Gasteiger partial charge on any atom is 0.249 e. The van der Waals surface area contributed by atoms with E-state index in [9.17, 15) is 9.70 Å². The van der Waals surface area contributed by atoms with E-state index in [1.807, 2.05) is 19.1 Å². The molecule has 0 aliphatic rings. The molecule has 0 aliphatic carbocycles. The first-order valence-corrected chi connectivity index (χ1v) is 5.33. The van der Waals surface area contributed by atoms with Crippen LogP contribution < -0.4 is 5.32 Å². The topological polar surface area (TPSA) is 58.5 Å². The summed E-state index contributed by atoms with van der Waals surface area (Å²) < 4.78 is 0.899. The number of nitrogens with zero attached hydrogens (tertiary/aromatic N) is 1. The maximum atomic E-state index is 11.1. The summed E-state index contributed by atoms with van der Waals surface area (Å²) >= 11 is 3.35. The molecule has 1 aromatic rings. The van der Waals surface area contributed by atoms with E-state index in [-0.39, 0.29) is 6.54 Å². The second kappa shape index (κ2) is 5.60. The zero-order valence-electron chi connectivity index (χ0n) is 8.29. The molecule has 1 rings (SSSR count). The van der Waals surface area contributed by atoms with Gasteiger partial charge in [-0.1, -0.05) is 28.0 Å². The van der Waals surface area contributed by atoms with Crippen molar-refractivity contribution in [3.8, 4) is 0 Å². The number of rotatable bonds is 4. The van der Waals surface area contributed by atoms with Crippen LogP contribution in [0.15, 0.2) is 27.8 Å². The highest BCUT2D eigenvalue weighted by molar-refractivity contribution is 9.10. The normalized spacial score (nSPS) is 9.73. The van der Waals surface area contributed by atoms with E-state index in [0.717, 1.165) is 16.5 Å². The summed E-state index contributed by atoms with van der Waals surface area (Å²) in [6.45, 7) is 1.67. The molecule has 0 saturated carbocycles. The third-order valence-electron chi connectivity index (χ3n) is 1.86. The third kappa shape index (κ3) is 3.79. The van der Waals surface area contributed by atoms with Crippen LogP contribution in [0.2, 0.25) is 0 Å². The molecule has 0 fully saturated rings. The molecule has 15 heavy (non-hydrogen) atoms. The summed E-state index contributed by atoms with van der Waals surface area (Å²) in [6, 6.07) is 5.63. The average Bonchev–Trinajstić information content (AvgIpc) is 2.17. The second-order valence-electron chi connectivity index (χ2n) is 3.04. The minimum absolute atomic E-state index is 0.353. The minimum Gasteiger partial charge on any atom is -0.324 e. The van der Waals surface area contributed by atoms with Crippen molar-refractivity contribution in [3.63, 3.8) is 0 Å². The van der Waals surface area contributed by atoms with Crippen LogP contribution in [0.4, 0.5) is 5.69 Å². The van der Waals surface area contributed by atoms with Crippen molar-refractivity contribution in [2.45, 2.75) is 13.3 Å². The Morgan fingerprint density at radius 3 is 2.80 bits per heavy atom. The Hall–Kier alpha value is -1.23. The highest BCUT2D eigenvalue weighted by Crippen LogP contribution is 2.19. The molecule has 0 bridgehead atoms. The van der Waals surface area contributed by atoms with Gasteiger partial charge in [-0.2, -0.15) is 4.91 Å². The SMILES string of the molecule is CCc1cc(Br)cc(NC(=O)CN=O)c1. The quantitative estimate of drug-likeness (QED) is 0.856. The molecule has 0 radical (unpaired) electrons. The Morgan fingerprint density at radius 2 is 2.20 bits per heavy atom. The number of nitrogens with one attached hydrogen (secondary N) is 1. The largest absolute Gasteiger partial charge is 0.324 e. The first kappa shape index (κ1) is 11.8. The number of nitroso groups, excluding NO2 is 1. The molecule has 5 heteroatoms. The van der Waals surface area contributed by atoms with Crippen LogP contribution in [0.3, 0.4) is 0 Å². The van der Waals surface area contributed by atoms with Crippen molar-refractivity contribution in [2.24, 2.45) is 5.18 Å². The van der Waals surface area contributed by atoms with Crippen molar-refractivity contribution in [1.29, 1.82) is 0 Å². The van der Waals surface area contributed by atoms with E-state index in [0.29, 0.717) is 5.69 Å². The van der Waals surface area contributed by atoms with Gasteiger partial charge in [-0.15, -0.1) is 0 Å². The first-order chi connectivity index (χ1) is 7.15. The molecule has 0 spiro atoms. The third-order valence-corrected chi connectivity index (χ3v) is 2.32. The van der Waals surface area contributed by atoms with Gasteiger partial charge in [0.2, 0.25) is 5.91 Å². The van der Waals surface area contributed by atoms with E-state index in [1.165, 1.54) is 0 Å². The van der Waals surface area contributed by atoms with Crippen LogP contribution in [0.5, 0.6) is 0 Å². The lowest BCUT2D eigenvalue weighted by Crippen LogP contribution is -2.14. The summed E-state index contributed by atoms with van der Waals surface area (Å²) in [5.41, 5.74) is 1.79. The standard InChI is InChI=1S/C10H11BrN2O2/c1-2-7-3-8(11)5-9(4-7)13-10(14)6-12-15/h3-5H,2,6H2,1H3,(H,13,14). The summed E-state index contributed by atoms with van der Waals surface area (Å²) in [5, 5.41) is 5.12. The lowest BCUT2D eigenvalue weighted by atomic mass is 10.1. The molecule has 1 amide bonds. The molecule has 0 aromatic heterocycles. The fraction of sp³-hybridized carbons (Fsp3) is 0.300. The van der Waals surface area contributed by atoms with E-state index >= 15 is 0 Å². The van der Waals surface area contributed by atoms with E-state index < -0.39 is 5.91 Å². The lowest BCUT2D eigenvalue weighted by molar-refractivity contribution is -0.114. The van der Waals surface area contributed by atoms with Gasteiger partial charge in [0.25, 0.3) is 0 Å². The number of halogens is 1. The van der Waals surface area contributed by atoms with Crippen molar-refractivity contribution >= 4 is 27.5 Å². The Morgan fingerprint density at radius 1 is 1.47 bits per heavy atom. The molecule has 1 N–H and O–H groups in total. The zero-order valence-corrected chi connectivity index (χ0v) is 9.87. The smallest absolute Gasteiger partial charge is 0.249 e.